The number of aliphatic hydroxyl groups is 1. The molecule has 446 valence electrons. The van der Waals surface area contributed by atoms with Gasteiger partial charge in [0.1, 0.15) is 6.61 Å². The number of esters is 2. The standard InChI is InChI=1S/C72H128O5/c1-3-5-7-9-11-13-15-17-19-21-23-25-27-29-31-32-33-34-35-36-37-38-39-41-42-44-46-48-50-52-54-56-58-60-62-64-66-71(74)76-69-70(68-73)77-72(75)67-65-63-61-59-57-55-53-51-49-47-45-43-40-30-28-26-24-22-20-18-16-14-12-10-8-6-4-2/h6,8,12,14,18,20,24,26,30,40,45,47,51,53,70,73H,3-5,7,9-11,13,15-17,19,21-23,25,27-29,31-39,41-44,46,48-50,52,54-69H2,1-2H3/b8-6-,14-12-,20-18-,26-24-,40-30-,47-45-,53-51-. The Labute approximate surface area is 479 Å². The van der Waals surface area contributed by atoms with Gasteiger partial charge in [0, 0.05) is 12.8 Å². The molecular formula is C72H128O5. The van der Waals surface area contributed by atoms with Gasteiger partial charge in [-0.2, -0.15) is 0 Å². The minimum absolute atomic E-state index is 0.0750. The molecule has 0 saturated heterocycles. The summed E-state index contributed by atoms with van der Waals surface area (Å²) in [6.07, 6.45) is 94.7. The topological polar surface area (TPSA) is 72.8 Å². The molecule has 0 aliphatic carbocycles. The van der Waals surface area contributed by atoms with Crippen molar-refractivity contribution in [1.82, 2.24) is 0 Å². The van der Waals surface area contributed by atoms with Gasteiger partial charge in [0.15, 0.2) is 6.10 Å². The molecule has 0 aromatic rings. The molecule has 1 unspecified atom stereocenters. The van der Waals surface area contributed by atoms with Crippen LogP contribution >= 0.6 is 0 Å². The van der Waals surface area contributed by atoms with Gasteiger partial charge in [0.05, 0.1) is 6.61 Å². The minimum atomic E-state index is -0.788. The molecule has 0 heterocycles. The molecule has 77 heavy (non-hydrogen) atoms. The van der Waals surface area contributed by atoms with E-state index in [2.05, 4.69) is 98.9 Å². The van der Waals surface area contributed by atoms with Crippen molar-refractivity contribution in [2.75, 3.05) is 13.2 Å². The Morgan fingerprint density at radius 3 is 0.844 bits per heavy atom. The number of carbonyl (C=O) groups is 2. The van der Waals surface area contributed by atoms with Crippen LogP contribution in [0.25, 0.3) is 0 Å². The molecule has 0 aromatic carbocycles. The summed E-state index contributed by atoms with van der Waals surface area (Å²) in [5, 5.41) is 9.68. The highest BCUT2D eigenvalue weighted by atomic mass is 16.6. The molecule has 0 aromatic heterocycles. The zero-order chi connectivity index (χ0) is 55.5. The zero-order valence-corrected chi connectivity index (χ0v) is 51.2. The fraction of sp³-hybridized carbons (Fsp3) is 0.778. The van der Waals surface area contributed by atoms with E-state index in [9.17, 15) is 14.7 Å². The average molecular weight is 1070 g/mol. The summed E-state index contributed by atoms with van der Waals surface area (Å²) in [5.41, 5.74) is 0. The fourth-order valence-electron chi connectivity index (χ4n) is 9.95. The summed E-state index contributed by atoms with van der Waals surface area (Å²) in [6, 6.07) is 0. The Balaban J connectivity index is 3.46. The zero-order valence-electron chi connectivity index (χ0n) is 51.2. The Kier molecular flexibility index (Phi) is 64.8. The van der Waals surface area contributed by atoms with E-state index in [0.29, 0.717) is 12.8 Å². The second kappa shape index (κ2) is 67.4. The van der Waals surface area contributed by atoms with Crippen molar-refractivity contribution in [3.63, 3.8) is 0 Å². The van der Waals surface area contributed by atoms with Gasteiger partial charge in [-0.05, 0) is 70.6 Å². The molecule has 0 fully saturated rings. The van der Waals surface area contributed by atoms with E-state index in [1.54, 1.807) is 0 Å². The number of hydrogen-bond donors (Lipinski definition) is 1. The van der Waals surface area contributed by atoms with Crippen LogP contribution in [0.4, 0.5) is 0 Å². The highest BCUT2D eigenvalue weighted by molar-refractivity contribution is 5.70. The van der Waals surface area contributed by atoms with E-state index in [-0.39, 0.29) is 25.2 Å². The number of aliphatic hydroxyl groups excluding tert-OH is 1. The lowest BCUT2D eigenvalue weighted by Crippen LogP contribution is -2.28. The molecule has 5 nitrogen and oxygen atoms in total. The third kappa shape index (κ3) is 65.5. The summed E-state index contributed by atoms with van der Waals surface area (Å²) < 4.78 is 10.7. The highest BCUT2D eigenvalue weighted by Crippen LogP contribution is 2.18. The minimum Gasteiger partial charge on any atom is -0.462 e. The van der Waals surface area contributed by atoms with Crippen molar-refractivity contribution in [1.29, 1.82) is 0 Å². The molecular weight excluding hydrogens is 945 g/mol. The van der Waals surface area contributed by atoms with Crippen LogP contribution in [0.3, 0.4) is 0 Å². The third-order valence-electron chi connectivity index (χ3n) is 15.0. The van der Waals surface area contributed by atoms with Gasteiger partial charge in [-0.3, -0.25) is 9.59 Å². The number of hydrogen-bond acceptors (Lipinski definition) is 5. The van der Waals surface area contributed by atoms with Gasteiger partial charge >= 0.3 is 11.9 Å². The Morgan fingerprint density at radius 2 is 0.558 bits per heavy atom. The Bertz CT molecular complexity index is 1400. The summed E-state index contributed by atoms with van der Waals surface area (Å²) in [4.78, 5) is 24.6. The largest absolute Gasteiger partial charge is 0.462 e. The van der Waals surface area contributed by atoms with E-state index in [1.165, 1.54) is 212 Å². The van der Waals surface area contributed by atoms with Crippen LogP contribution in [0.2, 0.25) is 0 Å². The van der Waals surface area contributed by atoms with Crippen molar-refractivity contribution in [3.8, 4) is 0 Å². The Morgan fingerprint density at radius 1 is 0.312 bits per heavy atom. The van der Waals surface area contributed by atoms with Crippen molar-refractivity contribution in [2.24, 2.45) is 0 Å². The van der Waals surface area contributed by atoms with Crippen LogP contribution in [0.5, 0.6) is 0 Å². The van der Waals surface area contributed by atoms with Crippen LogP contribution in [-0.4, -0.2) is 36.4 Å². The van der Waals surface area contributed by atoms with Crippen LogP contribution in [0, 0.1) is 0 Å². The number of carbonyl (C=O) groups excluding carboxylic acids is 2. The van der Waals surface area contributed by atoms with Crippen LogP contribution in [-0.2, 0) is 19.1 Å². The average Bonchev–Trinajstić information content (AvgIpc) is 3.43. The predicted molar refractivity (Wildman–Crippen MR) is 339 cm³/mol. The first-order chi connectivity index (χ1) is 38.1. The predicted octanol–water partition coefficient (Wildman–Crippen LogP) is 23.3. The number of rotatable bonds is 62. The molecule has 0 rings (SSSR count). The van der Waals surface area contributed by atoms with Crippen LogP contribution in [0.1, 0.15) is 341 Å². The van der Waals surface area contributed by atoms with Crippen molar-refractivity contribution >= 4 is 11.9 Å². The van der Waals surface area contributed by atoms with Gasteiger partial charge in [0.2, 0.25) is 0 Å². The van der Waals surface area contributed by atoms with Crippen molar-refractivity contribution in [3.05, 3.63) is 85.1 Å². The van der Waals surface area contributed by atoms with Gasteiger partial charge < -0.3 is 14.6 Å². The normalized spacial score (nSPS) is 12.7. The molecule has 0 aliphatic rings. The maximum atomic E-state index is 12.3. The van der Waals surface area contributed by atoms with E-state index < -0.39 is 6.10 Å². The number of unbranched alkanes of at least 4 members (excludes halogenated alkanes) is 40. The van der Waals surface area contributed by atoms with Gasteiger partial charge in [-0.1, -0.05) is 343 Å². The molecule has 0 aliphatic heterocycles. The first kappa shape index (κ1) is 74.1. The second-order valence-corrected chi connectivity index (χ2v) is 22.5. The van der Waals surface area contributed by atoms with Crippen molar-refractivity contribution in [2.45, 2.75) is 347 Å². The molecule has 0 amide bonds. The molecule has 0 bridgehead atoms. The van der Waals surface area contributed by atoms with Gasteiger partial charge in [-0.25, -0.2) is 0 Å². The fourth-order valence-corrected chi connectivity index (χ4v) is 9.95. The van der Waals surface area contributed by atoms with Gasteiger partial charge in [0.25, 0.3) is 0 Å². The van der Waals surface area contributed by atoms with Gasteiger partial charge in [-0.15, -0.1) is 0 Å². The highest BCUT2D eigenvalue weighted by Gasteiger charge is 2.16. The molecule has 5 heteroatoms. The Hall–Kier alpha value is -2.92. The van der Waals surface area contributed by atoms with E-state index in [1.807, 2.05) is 0 Å². The second-order valence-electron chi connectivity index (χ2n) is 22.5. The lowest BCUT2D eigenvalue weighted by Gasteiger charge is -2.15. The smallest absolute Gasteiger partial charge is 0.306 e. The number of ether oxygens (including phenoxy) is 2. The van der Waals surface area contributed by atoms with Crippen LogP contribution < -0.4 is 0 Å². The van der Waals surface area contributed by atoms with E-state index in [0.717, 1.165) is 103 Å². The molecule has 1 N–H and O–H groups in total. The van der Waals surface area contributed by atoms with E-state index >= 15 is 0 Å². The van der Waals surface area contributed by atoms with Crippen LogP contribution in [0.15, 0.2) is 85.1 Å². The summed E-state index contributed by atoms with van der Waals surface area (Å²) in [7, 11) is 0. The van der Waals surface area contributed by atoms with E-state index in [4.69, 9.17) is 9.47 Å². The molecule has 0 saturated carbocycles. The quantitative estimate of drug-likeness (QED) is 0.0373. The first-order valence-corrected chi connectivity index (χ1v) is 33.6. The maximum Gasteiger partial charge on any atom is 0.306 e. The lowest BCUT2D eigenvalue weighted by atomic mass is 10.0. The summed E-state index contributed by atoms with van der Waals surface area (Å²) >= 11 is 0. The lowest BCUT2D eigenvalue weighted by molar-refractivity contribution is -0.161. The maximum absolute atomic E-state index is 12.3. The molecule has 0 radical (unpaired) electrons. The monoisotopic (exact) mass is 1070 g/mol. The SMILES string of the molecule is CC/C=C\C/C=C\C/C=C\C/C=C\C/C=C\C/C=C\C/C=C\CCCCCCCC(=O)OC(CO)COC(=O)CCCCCCCCCCCCCCCCCCCCCCCCCCCCCCCCCCCCCC. The summed E-state index contributed by atoms with van der Waals surface area (Å²) in [6.45, 7) is 4.05. The molecule has 0 spiro atoms. The summed E-state index contributed by atoms with van der Waals surface area (Å²) in [5.74, 6) is -0.603. The third-order valence-corrected chi connectivity index (χ3v) is 15.0. The number of allylic oxidation sites excluding steroid dienone is 14. The first-order valence-electron chi connectivity index (χ1n) is 33.6. The molecule has 1 atom stereocenters. The van der Waals surface area contributed by atoms with Crippen molar-refractivity contribution < 1.29 is 24.2 Å².